The third kappa shape index (κ3) is 5.19. The van der Waals surface area contributed by atoms with Gasteiger partial charge in [-0.1, -0.05) is 51.1 Å². The lowest BCUT2D eigenvalue weighted by Crippen LogP contribution is -2.45. The molecule has 1 rings (SSSR count). The second kappa shape index (κ2) is 7.78. The van der Waals surface area contributed by atoms with E-state index >= 15 is 0 Å². The van der Waals surface area contributed by atoms with E-state index < -0.39 is 24.0 Å². The molecule has 1 aromatic rings. The van der Waals surface area contributed by atoms with Crippen molar-refractivity contribution in [1.29, 1.82) is 0 Å². The van der Waals surface area contributed by atoms with Gasteiger partial charge in [-0.15, -0.1) is 0 Å². The highest BCUT2D eigenvalue weighted by Gasteiger charge is 2.27. The van der Waals surface area contributed by atoms with Gasteiger partial charge < -0.3 is 16.2 Å². The number of hydrogen-bond acceptors (Lipinski definition) is 3. The highest BCUT2D eigenvalue weighted by atomic mass is 16.4. The quantitative estimate of drug-likeness (QED) is 0.716. The van der Waals surface area contributed by atoms with Crippen LogP contribution in [0, 0.1) is 11.8 Å². The van der Waals surface area contributed by atoms with Crippen molar-refractivity contribution in [1.82, 2.24) is 5.32 Å². The minimum Gasteiger partial charge on any atom is -0.480 e. The summed E-state index contributed by atoms with van der Waals surface area (Å²) in [6.45, 7) is 5.55. The Labute approximate surface area is 125 Å². The Hall–Kier alpha value is -1.88. The molecule has 0 aromatic heterocycles. The fourth-order valence-electron chi connectivity index (χ4n) is 2.12. The van der Waals surface area contributed by atoms with Crippen LogP contribution < -0.4 is 11.1 Å². The van der Waals surface area contributed by atoms with E-state index in [9.17, 15) is 9.59 Å². The number of amides is 1. The van der Waals surface area contributed by atoms with Gasteiger partial charge in [0, 0.05) is 6.04 Å². The van der Waals surface area contributed by atoms with Gasteiger partial charge in [0.15, 0.2) is 0 Å². The molecule has 1 amide bonds. The number of benzene rings is 1. The molecule has 0 fully saturated rings. The van der Waals surface area contributed by atoms with Crippen LogP contribution >= 0.6 is 0 Å². The van der Waals surface area contributed by atoms with Crippen molar-refractivity contribution in [2.45, 2.75) is 39.3 Å². The molecular formula is C16H24N2O3. The molecule has 116 valence electrons. The molecule has 3 unspecified atom stereocenters. The predicted molar refractivity (Wildman–Crippen MR) is 81.6 cm³/mol. The monoisotopic (exact) mass is 292 g/mol. The summed E-state index contributed by atoms with van der Waals surface area (Å²) in [4.78, 5) is 23.4. The third-order valence-electron chi connectivity index (χ3n) is 3.46. The van der Waals surface area contributed by atoms with E-state index in [1.807, 2.05) is 44.2 Å². The zero-order valence-corrected chi connectivity index (χ0v) is 12.7. The van der Waals surface area contributed by atoms with Gasteiger partial charge in [0.2, 0.25) is 5.91 Å². The molecular weight excluding hydrogens is 268 g/mol. The van der Waals surface area contributed by atoms with Crippen molar-refractivity contribution in [2.24, 2.45) is 17.6 Å². The Bertz CT molecular complexity index is 474. The van der Waals surface area contributed by atoms with Crippen LogP contribution in [0.25, 0.3) is 0 Å². The smallest absolute Gasteiger partial charge is 0.326 e. The molecule has 0 aliphatic carbocycles. The first-order chi connectivity index (χ1) is 9.82. The maximum atomic E-state index is 12.2. The molecule has 0 bridgehead atoms. The van der Waals surface area contributed by atoms with Gasteiger partial charge in [-0.25, -0.2) is 4.79 Å². The lowest BCUT2D eigenvalue weighted by atomic mass is 9.94. The molecule has 0 saturated heterocycles. The van der Waals surface area contributed by atoms with Crippen molar-refractivity contribution in [3.05, 3.63) is 35.9 Å². The minimum atomic E-state index is -1.02. The normalized spacial score (nSPS) is 15.3. The second-order valence-electron chi connectivity index (χ2n) is 5.75. The third-order valence-corrected chi connectivity index (χ3v) is 3.46. The highest BCUT2D eigenvalue weighted by molar-refractivity contribution is 5.85. The van der Waals surface area contributed by atoms with Gasteiger partial charge in [-0.3, -0.25) is 4.79 Å². The molecule has 5 nitrogen and oxygen atoms in total. The molecule has 0 radical (unpaired) electrons. The zero-order chi connectivity index (χ0) is 16.0. The van der Waals surface area contributed by atoms with E-state index in [1.54, 1.807) is 6.92 Å². The van der Waals surface area contributed by atoms with E-state index in [2.05, 4.69) is 5.32 Å². The summed E-state index contributed by atoms with van der Waals surface area (Å²) in [6, 6.07) is 7.98. The number of carbonyl (C=O) groups excluding carboxylic acids is 1. The van der Waals surface area contributed by atoms with Gasteiger partial charge in [0.05, 0.1) is 5.92 Å². The molecule has 0 spiro atoms. The summed E-state index contributed by atoms with van der Waals surface area (Å²) in [5.41, 5.74) is 6.94. The molecule has 1 aromatic carbocycles. The summed E-state index contributed by atoms with van der Waals surface area (Å²) in [5.74, 6) is -1.66. The number of nitrogens with two attached hydrogens (primary N) is 1. The number of hydrogen-bond donors (Lipinski definition) is 3. The maximum absolute atomic E-state index is 12.2. The summed E-state index contributed by atoms with van der Waals surface area (Å²) < 4.78 is 0. The van der Waals surface area contributed by atoms with Crippen LogP contribution in [-0.2, 0) is 9.59 Å². The topological polar surface area (TPSA) is 92.4 Å². The molecule has 0 saturated carbocycles. The van der Waals surface area contributed by atoms with Crippen molar-refractivity contribution in [3.63, 3.8) is 0 Å². The van der Waals surface area contributed by atoms with E-state index in [4.69, 9.17) is 10.8 Å². The average molecular weight is 292 g/mol. The van der Waals surface area contributed by atoms with Crippen molar-refractivity contribution in [2.75, 3.05) is 0 Å². The number of rotatable bonds is 7. The van der Waals surface area contributed by atoms with E-state index in [1.165, 1.54) is 0 Å². The highest BCUT2D eigenvalue weighted by Crippen LogP contribution is 2.19. The van der Waals surface area contributed by atoms with E-state index in [-0.39, 0.29) is 11.8 Å². The largest absolute Gasteiger partial charge is 0.480 e. The number of aliphatic carboxylic acids is 1. The first kappa shape index (κ1) is 17.2. The van der Waals surface area contributed by atoms with Crippen molar-refractivity contribution in [3.8, 4) is 0 Å². The molecule has 0 aliphatic heterocycles. The fourth-order valence-corrected chi connectivity index (χ4v) is 2.12. The van der Waals surface area contributed by atoms with Gasteiger partial charge in [-0.2, -0.15) is 0 Å². The molecule has 4 N–H and O–H groups in total. The lowest BCUT2D eigenvalue weighted by Gasteiger charge is -2.23. The number of nitrogens with one attached hydrogen (secondary N) is 1. The van der Waals surface area contributed by atoms with Crippen LogP contribution in [0.3, 0.4) is 0 Å². The van der Waals surface area contributed by atoms with Crippen LogP contribution in [0.4, 0.5) is 0 Å². The predicted octanol–water partition coefficient (Wildman–Crippen LogP) is 1.94. The SMILES string of the molecule is CC(C)CC(NC(=O)C(C)C(N)c1ccccc1)C(=O)O. The Morgan fingerprint density at radius 3 is 2.24 bits per heavy atom. The van der Waals surface area contributed by atoms with E-state index in [0.29, 0.717) is 6.42 Å². The van der Waals surface area contributed by atoms with Crippen molar-refractivity contribution < 1.29 is 14.7 Å². The standard InChI is InChI=1S/C16H24N2O3/c1-10(2)9-13(16(20)21)18-15(19)11(3)14(17)12-7-5-4-6-8-12/h4-8,10-11,13-14H,9,17H2,1-3H3,(H,18,19)(H,20,21). The van der Waals surface area contributed by atoms with E-state index in [0.717, 1.165) is 5.56 Å². The van der Waals surface area contributed by atoms with Gasteiger partial charge in [0.25, 0.3) is 0 Å². The first-order valence-electron chi connectivity index (χ1n) is 7.16. The van der Waals surface area contributed by atoms with Crippen LogP contribution in [0.15, 0.2) is 30.3 Å². The summed E-state index contributed by atoms with van der Waals surface area (Å²) in [6.07, 6.45) is 0.397. The number of carboxylic acids is 1. The van der Waals surface area contributed by atoms with Crippen LogP contribution in [0.2, 0.25) is 0 Å². The summed E-state index contributed by atoms with van der Waals surface area (Å²) in [7, 11) is 0. The fraction of sp³-hybridized carbons (Fsp3) is 0.500. The lowest BCUT2D eigenvalue weighted by molar-refractivity contribution is -0.143. The number of carbonyl (C=O) groups is 2. The Balaban J connectivity index is 2.71. The molecule has 5 heteroatoms. The molecule has 0 heterocycles. The summed E-state index contributed by atoms with van der Waals surface area (Å²) in [5, 5.41) is 11.7. The Morgan fingerprint density at radius 1 is 1.19 bits per heavy atom. The van der Waals surface area contributed by atoms with Crippen LogP contribution in [0.5, 0.6) is 0 Å². The first-order valence-corrected chi connectivity index (χ1v) is 7.16. The van der Waals surface area contributed by atoms with Crippen molar-refractivity contribution >= 4 is 11.9 Å². The molecule has 3 atom stereocenters. The molecule has 0 aliphatic rings. The Morgan fingerprint density at radius 2 is 1.76 bits per heavy atom. The Kier molecular flexibility index (Phi) is 6.37. The molecule has 21 heavy (non-hydrogen) atoms. The zero-order valence-electron chi connectivity index (χ0n) is 12.7. The average Bonchev–Trinajstić information content (AvgIpc) is 2.45. The van der Waals surface area contributed by atoms with Crippen LogP contribution in [0.1, 0.15) is 38.8 Å². The second-order valence-corrected chi connectivity index (χ2v) is 5.75. The van der Waals surface area contributed by atoms with Gasteiger partial charge in [0.1, 0.15) is 6.04 Å². The summed E-state index contributed by atoms with van der Waals surface area (Å²) >= 11 is 0. The van der Waals surface area contributed by atoms with Crippen LogP contribution in [-0.4, -0.2) is 23.0 Å². The maximum Gasteiger partial charge on any atom is 0.326 e. The number of carboxylic acid groups (broad SMARTS) is 1. The minimum absolute atomic E-state index is 0.185. The van der Waals surface area contributed by atoms with Gasteiger partial charge >= 0.3 is 5.97 Å². The van der Waals surface area contributed by atoms with Gasteiger partial charge in [-0.05, 0) is 17.9 Å².